The van der Waals surface area contributed by atoms with Gasteiger partial charge < -0.3 is 0 Å². The zero-order valence-electron chi connectivity index (χ0n) is 19.2. The molecule has 194 valence electrons. The zero-order chi connectivity index (χ0) is 26.7. The highest BCUT2D eigenvalue weighted by Gasteiger charge is 2.19. The van der Waals surface area contributed by atoms with E-state index in [0.717, 1.165) is 16.7 Å². The Morgan fingerprint density at radius 3 is 1.33 bits per heavy atom. The average molecular weight is 555 g/mol. The molecule has 0 aliphatic rings. The van der Waals surface area contributed by atoms with Crippen LogP contribution in [0.15, 0.2) is 87.5 Å². The monoisotopic (exact) mass is 554 g/mol. The molecule has 3 N–H and O–H groups in total. The maximum atomic E-state index is 11.4. The van der Waals surface area contributed by atoms with Crippen LogP contribution in [0.4, 0.5) is 0 Å². The fourth-order valence-corrected chi connectivity index (χ4v) is 5.47. The highest BCUT2D eigenvalue weighted by Crippen LogP contribution is 2.34. The Hall–Kier alpha value is -2.61. The SMILES string of the molecule is CC(CC(CCc1ccc(S(=O)(=O)O)cc1)c1ccc(S(=O)(=O)O)cc1)c1ccc(S(=O)(=O)O)cc1. The maximum Gasteiger partial charge on any atom is 0.294 e. The second kappa shape index (κ2) is 10.8. The van der Waals surface area contributed by atoms with E-state index in [9.17, 15) is 34.4 Å². The van der Waals surface area contributed by atoms with E-state index in [2.05, 4.69) is 0 Å². The van der Waals surface area contributed by atoms with Gasteiger partial charge in [0.2, 0.25) is 0 Å². The number of rotatable bonds is 10. The zero-order valence-corrected chi connectivity index (χ0v) is 21.7. The molecule has 0 aliphatic heterocycles. The van der Waals surface area contributed by atoms with Crippen molar-refractivity contribution in [3.8, 4) is 0 Å². The molecule has 0 spiro atoms. The largest absolute Gasteiger partial charge is 0.294 e. The van der Waals surface area contributed by atoms with Crippen LogP contribution in [0, 0.1) is 0 Å². The van der Waals surface area contributed by atoms with Crippen molar-refractivity contribution in [2.75, 3.05) is 0 Å². The number of benzene rings is 3. The van der Waals surface area contributed by atoms with Gasteiger partial charge in [-0.3, -0.25) is 13.7 Å². The van der Waals surface area contributed by atoms with Gasteiger partial charge >= 0.3 is 0 Å². The Labute approximate surface area is 211 Å². The summed E-state index contributed by atoms with van der Waals surface area (Å²) in [5, 5.41) is 0. The lowest BCUT2D eigenvalue weighted by molar-refractivity contribution is 0.481. The van der Waals surface area contributed by atoms with E-state index in [0.29, 0.717) is 19.3 Å². The molecule has 0 saturated carbocycles. The Morgan fingerprint density at radius 1 is 0.583 bits per heavy atom. The molecule has 12 heteroatoms. The number of hydrogen-bond acceptors (Lipinski definition) is 6. The van der Waals surface area contributed by atoms with Crippen LogP contribution < -0.4 is 0 Å². The lowest BCUT2D eigenvalue weighted by atomic mass is 9.83. The molecule has 0 radical (unpaired) electrons. The van der Waals surface area contributed by atoms with Crippen molar-refractivity contribution < 1.29 is 38.9 Å². The van der Waals surface area contributed by atoms with Crippen LogP contribution in [0.1, 0.15) is 48.3 Å². The highest BCUT2D eigenvalue weighted by molar-refractivity contribution is 7.86. The molecule has 0 aromatic heterocycles. The summed E-state index contributed by atoms with van der Waals surface area (Å²) in [6.07, 6.45) is 1.79. The molecule has 36 heavy (non-hydrogen) atoms. The Balaban J connectivity index is 1.84. The van der Waals surface area contributed by atoms with Gasteiger partial charge in [-0.15, -0.1) is 0 Å². The molecule has 0 aliphatic carbocycles. The van der Waals surface area contributed by atoms with Gasteiger partial charge in [-0.25, -0.2) is 0 Å². The summed E-state index contributed by atoms with van der Waals surface area (Å²) >= 11 is 0. The van der Waals surface area contributed by atoms with E-state index in [1.54, 1.807) is 36.4 Å². The third-order valence-corrected chi connectivity index (χ3v) is 8.64. The Morgan fingerprint density at radius 2 is 0.944 bits per heavy atom. The lowest BCUT2D eigenvalue weighted by Crippen LogP contribution is -2.08. The van der Waals surface area contributed by atoms with Crippen LogP contribution in [0.25, 0.3) is 0 Å². The van der Waals surface area contributed by atoms with E-state index in [1.165, 1.54) is 36.4 Å². The van der Waals surface area contributed by atoms with Gasteiger partial charge in [-0.1, -0.05) is 43.3 Å². The van der Waals surface area contributed by atoms with E-state index in [-0.39, 0.29) is 26.5 Å². The first-order chi connectivity index (χ1) is 16.6. The smallest absolute Gasteiger partial charge is 0.282 e. The minimum absolute atomic E-state index is 0.0337. The summed E-state index contributed by atoms with van der Waals surface area (Å²) in [5.41, 5.74) is 2.52. The standard InChI is InChI=1S/C24H26O9S3/c1-17(19-6-12-23(13-7-19)35(28,29)30)16-21(20-8-14-24(15-9-20)36(31,32)33)5-2-18-3-10-22(11-4-18)34(25,26)27/h3-4,6-15,17,21H,2,5,16H2,1H3,(H,25,26,27)(H,28,29,30)(H,31,32,33). The average Bonchev–Trinajstić information content (AvgIpc) is 2.80. The van der Waals surface area contributed by atoms with Gasteiger partial charge in [-0.2, -0.15) is 25.3 Å². The van der Waals surface area contributed by atoms with Gasteiger partial charge in [0.15, 0.2) is 0 Å². The predicted octanol–water partition coefficient (Wildman–Crippen LogP) is 4.34. The van der Waals surface area contributed by atoms with Crippen molar-refractivity contribution >= 4 is 30.4 Å². The first-order valence-corrected chi connectivity index (χ1v) is 15.2. The van der Waals surface area contributed by atoms with Gasteiger partial charge in [0.1, 0.15) is 0 Å². The summed E-state index contributed by atoms with van der Waals surface area (Å²) in [6, 6.07) is 17.7. The normalized spacial score (nSPS) is 14.3. The number of hydrogen-bond donors (Lipinski definition) is 3. The molecule has 3 aromatic carbocycles. The van der Waals surface area contributed by atoms with Gasteiger partial charge in [0, 0.05) is 0 Å². The summed E-state index contributed by atoms with van der Waals surface area (Å²) < 4.78 is 95.6. The molecule has 0 amide bonds. The second-order valence-electron chi connectivity index (χ2n) is 8.58. The minimum atomic E-state index is -4.34. The third kappa shape index (κ3) is 7.45. The third-order valence-electron chi connectivity index (χ3n) is 6.04. The Kier molecular flexibility index (Phi) is 8.38. The lowest BCUT2D eigenvalue weighted by Gasteiger charge is -2.22. The van der Waals surface area contributed by atoms with Crippen LogP contribution in [-0.4, -0.2) is 38.9 Å². The minimum Gasteiger partial charge on any atom is -0.282 e. The van der Waals surface area contributed by atoms with E-state index in [1.807, 2.05) is 6.92 Å². The fraction of sp³-hybridized carbons (Fsp3) is 0.250. The van der Waals surface area contributed by atoms with Crippen molar-refractivity contribution in [2.45, 2.75) is 52.7 Å². The molecule has 0 bridgehead atoms. The molecule has 9 nitrogen and oxygen atoms in total. The summed E-state index contributed by atoms with van der Waals surface area (Å²) in [7, 11) is -12.9. The number of aryl methyl sites for hydroxylation is 1. The van der Waals surface area contributed by atoms with Crippen molar-refractivity contribution in [3.63, 3.8) is 0 Å². The molecular formula is C24H26O9S3. The van der Waals surface area contributed by atoms with E-state index < -0.39 is 30.4 Å². The predicted molar refractivity (Wildman–Crippen MR) is 133 cm³/mol. The van der Waals surface area contributed by atoms with Crippen LogP contribution in [-0.2, 0) is 36.8 Å². The topological polar surface area (TPSA) is 163 Å². The summed E-state index contributed by atoms with van der Waals surface area (Å²) in [6.45, 7) is 1.96. The fourth-order valence-electron chi connectivity index (χ4n) is 4.03. The molecule has 2 atom stereocenters. The first kappa shape index (κ1) is 28.0. The molecule has 0 heterocycles. The quantitative estimate of drug-likeness (QED) is 0.309. The Bertz CT molecular complexity index is 1510. The molecule has 0 saturated heterocycles. The van der Waals surface area contributed by atoms with Crippen molar-refractivity contribution in [2.24, 2.45) is 0 Å². The second-order valence-corrected chi connectivity index (χ2v) is 12.8. The molecular weight excluding hydrogens is 528 g/mol. The van der Waals surface area contributed by atoms with Crippen molar-refractivity contribution in [3.05, 3.63) is 89.5 Å². The van der Waals surface area contributed by atoms with E-state index >= 15 is 0 Å². The summed E-state index contributed by atoms with van der Waals surface area (Å²) in [5.74, 6) is -0.105. The van der Waals surface area contributed by atoms with Gasteiger partial charge in [0.25, 0.3) is 30.4 Å². The van der Waals surface area contributed by atoms with Gasteiger partial charge in [-0.05, 0) is 84.2 Å². The van der Waals surface area contributed by atoms with Crippen molar-refractivity contribution in [1.29, 1.82) is 0 Å². The van der Waals surface area contributed by atoms with Crippen molar-refractivity contribution in [1.82, 2.24) is 0 Å². The highest BCUT2D eigenvalue weighted by atomic mass is 32.2. The molecule has 2 unspecified atom stereocenters. The van der Waals surface area contributed by atoms with Crippen LogP contribution in [0.5, 0.6) is 0 Å². The molecule has 0 fully saturated rings. The van der Waals surface area contributed by atoms with Crippen LogP contribution in [0.3, 0.4) is 0 Å². The van der Waals surface area contributed by atoms with Crippen LogP contribution in [0.2, 0.25) is 0 Å². The maximum absolute atomic E-state index is 11.4. The van der Waals surface area contributed by atoms with Crippen LogP contribution >= 0.6 is 0 Å². The first-order valence-electron chi connectivity index (χ1n) is 10.9. The molecule has 3 aromatic rings. The van der Waals surface area contributed by atoms with Gasteiger partial charge in [0.05, 0.1) is 14.7 Å². The molecule has 3 rings (SSSR count). The summed E-state index contributed by atoms with van der Waals surface area (Å²) in [4.78, 5) is -0.630. The van der Waals surface area contributed by atoms with E-state index in [4.69, 9.17) is 4.55 Å².